The normalized spacial score (nSPS) is 10.8. The van der Waals surface area contributed by atoms with Gasteiger partial charge in [-0.05, 0) is 54.6 Å². The first-order valence-electron chi connectivity index (χ1n) is 5.56. The fourth-order valence-electron chi connectivity index (χ4n) is 1.62. The molecule has 0 bridgehead atoms. The topological polar surface area (TPSA) is 27.1 Å². The van der Waals surface area contributed by atoms with E-state index >= 15 is 0 Å². The van der Waals surface area contributed by atoms with Gasteiger partial charge in [-0.3, -0.25) is 0 Å². The van der Waals surface area contributed by atoms with Crippen molar-refractivity contribution >= 4 is 22.6 Å². The predicted molar refractivity (Wildman–Crippen MR) is 76.1 cm³/mol. The van der Waals surface area contributed by atoms with Crippen LogP contribution in [0.15, 0.2) is 36.8 Å². The summed E-state index contributed by atoms with van der Waals surface area (Å²) in [5, 5.41) is 0. The minimum absolute atomic E-state index is 0.409. The summed E-state index contributed by atoms with van der Waals surface area (Å²) < 4.78 is 9.05. The van der Waals surface area contributed by atoms with E-state index in [0.717, 1.165) is 11.4 Å². The second-order valence-electron chi connectivity index (χ2n) is 4.13. The van der Waals surface area contributed by atoms with Crippen molar-refractivity contribution in [2.75, 3.05) is 0 Å². The number of nitrogens with zero attached hydrogens (tertiary/aromatic N) is 2. The Morgan fingerprint density at radius 1 is 1.41 bits per heavy atom. The molecule has 0 radical (unpaired) electrons. The molecule has 4 heteroatoms. The van der Waals surface area contributed by atoms with Gasteiger partial charge in [-0.2, -0.15) is 0 Å². The van der Waals surface area contributed by atoms with Gasteiger partial charge < -0.3 is 9.30 Å². The van der Waals surface area contributed by atoms with Gasteiger partial charge in [-0.25, -0.2) is 4.98 Å². The lowest BCUT2D eigenvalue weighted by Crippen LogP contribution is -2.07. The smallest absolute Gasteiger partial charge is 0.130 e. The zero-order valence-electron chi connectivity index (χ0n) is 9.93. The van der Waals surface area contributed by atoms with Gasteiger partial charge in [-0.1, -0.05) is 6.07 Å². The standard InChI is InChI=1S/C13H15IN2O/c1-10(2)16-9-15-7-12(16)8-17-13-5-3-4-11(14)6-13/h3-7,9-10H,8H2,1-2H3. The summed E-state index contributed by atoms with van der Waals surface area (Å²) in [6, 6.07) is 8.45. The van der Waals surface area contributed by atoms with Crippen LogP contribution in [0.2, 0.25) is 0 Å². The van der Waals surface area contributed by atoms with Gasteiger partial charge in [0.15, 0.2) is 0 Å². The third kappa shape index (κ3) is 3.21. The van der Waals surface area contributed by atoms with Gasteiger partial charge in [0.05, 0.1) is 18.2 Å². The van der Waals surface area contributed by atoms with Crippen LogP contribution in [-0.2, 0) is 6.61 Å². The van der Waals surface area contributed by atoms with Gasteiger partial charge >= 0.3 is 0 Å². The minimum atomic E-state index is 0.409. The number of ether oxygens (including phenoxy) is 1. The van der Waals surface area contributed by atoms with Crippen molar-refractivity contribution in [1.82, 2.24) is 9.55 Å². The van der Waals surface area contributed by atoms with Crippen molar-refractivity contribution in [3.63, 3.8) is 0 Å². The molecule has 0 fully saturated rings. The molecule has 2 aromatic rings. The zero-order valence-corrected chi connectivity index (χ0v) is 12.1. The molecule has 0 aliphatic carbocycles. The fraction of sp³-hybridized carbons (Fsp3) is 0.308. The molecule has 0 aliphatic heterocycles. The summed E-state index contributed by atoms with van der Waals surface area (Å²) in [7, 11) is 0. The van der Waals surface area contributed by atoms with Crippen LogP contribution in [0.3, 0.4) is 0 Å². The van der Waals surface area contributed by atoms with Crippen molar-refractivity contribution < 1.29 is 4.74 Å². The van der Waals surface area contributed by atoms with Crippen LogP contribution in [0.5, 0.6) is 5.75 Å². The summed E-state index contributed by atoms with van der Waals surface area (Å²) in [4.78, 5) is 4.15. The average molecular weight is 342 g/mol. The van der Waals surface area contributed by atoms with Crippen LogP contribution in [0.1, 0.15) is 25.6 Å². The largest absolute Gasteiger partial charge is 0.487 e. The van der Waals surface area contributed by atoms with E-state index in [0.29, 0.717) is 12.6 Å². The van der Waals surface area contributed by atoms with E-state index in [1.807, 2.05) is 36.8 Å². The van der Waals surface area contributed by atoms with Crippen molar-refractivity contribution in [3.05, 3.63) is 46.1 Å². The molecule has 1 aromatic heterocycles. The van der Waals surface area contributed by atoms with E-state index in [9.17, 15) is 0 Å². The number of hydrogen-bond donors (Lipinski definition) is 0. The summed E-state index contributed by atoms with van der Waals surface area (Å²) in [5.41, 5.74) is 1.10. The summed E-state index contributed by atoms with van der Waals surface area (Å²) in [6.07, 6.45) is 3.70. The number of aromatic nitrogens is 2. The Morgan fingerprint density at radius 2 is 2.24 bits per heavy atom. The van der Waals surface area contributed by atoms with E-state index in [4.69, 9.17) is 4.74 Å². The first kappa shape index (κ1) is 12.4. The van der Waals surface area contributed by atoms with Crippen LogP contribution in [-0.4, -0.2) is 9.55 Å². The number of benzene rings is 1. The first-order chi connectivity index (χ1) is 8.16. The highest BCUT2D eigenvalue weighted by Gasteiger charge is 2.05. The molecule has 0 atom stereocenters. The second kappa shape index (κ2) is 5.53. The van der Waals surface area contributed by atoms with E-state index in [-0.39, 0.29) is 0 Å². The number of imidazole rings is 1. The number of rotatable bonds is 4. The monoisotopic (exact) mass is 342 g/mol. The molecule has 1 aromatic carbocycles. The molecule has 2 rings (SSSR count). The van der Waals surface area contributed by atoms with Gasteiger partial charge in [-0.15, -0.1) is 0 Å². The second-order valence-corrected chi connectivity index (χ2v) is 5.38. The molecule has 0 aliphatic rings. The molecular formula is C13H15IN2O. The summed E-state index contributed by atoms with van der Waals surface area (Å²) >= 11 is 2.28. The third-order valence-corrected chi connectivity index (χ3v) is 3.16. The Labute approximate surface area is 115 Å². The van der Waals surface area contributed by atoms with E-state index in [1.165, 1.54) is 3.57 Å². The minimum Gasteiger partial charge on any atom is -0.487 e. The summed E-state index contributed by atoms with van der Waals surface area (Å²) in [5.74, 6) is 0.897. The fourth-order valence-corrected chi connectivity index (χ4v) is 2.14. The van der Waals surface area contributed by atoms with Crippen LogP contribution < -0.4 is 4.74 Å². The van der Waals surface area contributed by atoms with Crippen LogP contribution in [0, 0.1) is 3.57 Å². The third-order valence-electron chi connectivity index (χ3n) is 2.49. The first-order valence-corrected chi connectivity index (χ1v) is 6.64. The van der Waals surface area contributed by atoms with E-state index in [2.05, 4.69) is 46.0 Å². The highest BCUT2D eigenvalue weighted by Crippen LogP contribution is 2.17. The van der Waals surface area contributed by atoms with Gasteiger partial charge in [0.25, 0.3) is 0 Å². The average Bonchev–Trinajstić information content (AvgIpc) is 2.74. The molecular weight excluding hydrogens is 327 g/mol. The van der Waals surface area contributed by atoms with Crippen molar-refractivity contribution in [3.8, 4) is 5.75 Å². The molecule has 0 N–H and O–H groups in total. The molecule has 0 saturated carbocycles. The maximum Gasteiger partial charge on any atom is 0.130 e. The van der Waals surface area contributed by atoms with Crippen molar-refractivity contribution in [1.29, 1.82) is 0 Å². The van der Waals surface area contributed by atoms with Crippen molar-refractivity contribution in [2.45, 2.75) is 26.5 Å². The lowest BCUT2D eigenvalue weighted by molar-refractivity contribution is 0.292. The Balaban J connectivity index is 2.05. The molecule has 0 unspecified atom stereocenters. The summed E-state index contributed by atoms with van der Waals surface area (Å²) in [6.45, 7) is 4.82. The lowest BCUT2D eigenvalue weighted by atomic mass is 10.3. The van der Waals surface area contributed by atoms with E-state index < -0.39 is 0 Å². The molecule has 3 nitrogen and oxygen atoms in total. The molecule has 1 heterocycles. The number of halogens is 1. The molecule has 0 spiro atoms. The van der Waals surface area contributed by atoms with Gasteiger partial charge in [0.1, 0.15) is 12.4 Å². The van der Waals surface area contributed by atoms with E-state index in [1.54, 1.807) is 0 Å². The molecule has 90 valence electrons. The quantitative estimate of drug-likeness (QED) is 0.793. The number of hydrogen-bond acceptors (Lipinski definition) is 2. The Kier molecular flexibility index (Phi) is 4.04. The zero-order chi connectivity index (χ0) is 12.3. The molecule has 0 amide bonds. The Bertz CT molecular complexity index is 494. The predicted octanol–water partition coefficient (Wildman–Crippen LogP) is 3.65. The lowest BCUT2D eigenvalue weighted by Gasteiger charge is -2.12. The van der Waals surface area contributed by atoms with Gasteiger partial charge in [0, 0.05) is 9.61 Å². The van der Waals surface area contributed by atoms with Crippen LogP contribution in [0.4, 0.5) is 0 Å². The highest BCUT2D eigenvalue weighted by molar-refractivity contribution is 14.1. The molecule has 17 heavy (non-hydrogen) atoms. The maximum atomic E-state index is 5.76. The van der Waals surface area contributed by atoms with Crippen LogP contribution in [0.25, 0.3) is 0 Å². The Morgan fingerprint density at radius 3 is 2.94 bits per heavy atom. The molecule has 0 saturated heterocycles. The Hall–Kier alpha value is -1.04. The maximum absolute atomic E-state index is 5.76. The highest BCUT2D eigenvalue weighted by atomic mass is 127. The SMILES string of the molecule is CC(C)n1cncc1COc1cccc(I)c1. The van der Waals surface area contributed by atoms with Gasteiger partial charge in [0.2, 0.25) is 0 Å². The van der Waals surface area contributed by atoms with Crippen molar-refractivity contribution in [2.24, 2.45) is 0 Å². The van der Waals surface area contributed by atoms with Crippen LogP contribution >= 0.6 is 22.6 Å².